The number of aliphatic hydroxyl groups is 9. The Morgan fingerprint density at radius 3 is 1.01 bits per heavy atom. The summed E-state index contributed by atoms with van der Waals surface area (Å²) in [5, 5.41) is 102. The van der Waals surface area contributed by atoms with Crippen LogP contribution in [0.2, 0.25) is 0 Å². The molecule has 26 heteroatoms. The Labute approximate surface area is 718 Å². The first-order chi connectivity index (χ1) is 57.7. The molecule has 18 unspecified atom stereocenters. The number of rotatable bonds is 79. The van der Waals surface area contributed by atoms with Crippen LogP contribution in [0, 0.1) is 0 Å². The molecule has 0 aromatic heterocycles. The van der Waals surface area contributed by atoms with Gasteiger partial charge in [-0.25, -0.2) is 4.57 Å². The lowest BCUT2D eigenvalue weighted by Crippen LogP contribution is -2.70. The monoisotopic (exact) mass is 1720 g/mol. The molecule has 2 heterocycles. The zero-order chi connectivity index (χ0) is 86.8. The quantitative estimate of drug-likeness (QED) is 0.00889. The van der Waals surface area contributed by atoms with Crippen LogP contribution in [0.1, 0.15) is 426 Å². The predicted octanol–water partition coefficient (Wildman–Crippen LogP) is 18.3. The summed E-state index contributed by atoms with van der Waals surface area (Å²) in [6.45, 7) is 5.62. The van der Waals surface area contributed by atoms with E-state index in [1.807, 2.05) is 0 Å². The van der Waals surface area contributed by atoms with Gasteiger partial charge in [0.1, 0.15) is 92.6 Å². The number of phosphoric ester groups is 1. The van der Waals surface area contributed by atoms with Crippen molar-refractivity contribution in [3.05, 3.63) is 12.2 Å². The highest BCUT2D eigenvalue weighted by molar-refractivity contribution is 7.47. The molecule has 2 saturated heterocycles. The van der Waals surface area contributed by atoms with Gasteiger partial charge in [0.15, 0.2) is 24.8 Å². The number of ether oxygens (including phenoxy) is 8. The molecule has 2 aliphatic heterocycles. The van der Waals surface area contributed by atoms with Crippen LogP contribution in [0.15, 0.2) is 12.2 Å². The molecule has 1 aliphatic carbocycles. The lowest BCUT2D eigenvalue weighted by atomic mass is 9.84. The maximum Gasteiger partial charge on any atom is 0.472 e. The summed E-state index contributed by atoms with van der Waals surface area (Å²) in [5.74, 6) is -2.96. The third-order valence-electron chi connectivity index (χ3n) is 23.8. The molecule has 0 bridgehead atoms. The summed E-state index contributed by atoms with van der Waals surface area (Å²) in [6.07, 6.45) is 31.9. The fourth-order valence-electron chi connectivity index (χ4n) is 16.1. The zero-order valence-electron chi connectivity index (χ0n) is 74.7. The van der Waals surface area contributed by atoms with Gasteiger partial charge in [0, 0.05) is 25.7 Å². The Balaban J connectivity index is 1.90. The van der Waals surface area contributed by atoms with Gasteiger partial charge in [0.05, 0.1) is 13.2 Å². The first-order valence-electron chi connectivity index (χ1n) is 48.4. The molecule has 3 rings (SSSR count). The minimum Gasteiger partial charge on any atom is -0.463 e. The van der Waals surface area contributed by atoms with E-state index >= 15 is 0 Å². The van der Waals surface area contributed by atoms with Crippen molar-refractivity contribution >= 4 is 31.7 Å². The number of aliphatic hydroxyl groups excluding tert-OH is 9. The summed E-state index contributed by atoms with van der Waals surface area (Å²) in [4.78, 5) is 66.5. The molecule has 0 aromatic rings. The summed E-state index contributed by atoms with van der Waals surface area (Å²) >= 11 is 0. The highest BCUT2D eigenvalue weighted by Crippen LogP contribution is 2.49. The van der Waals surface area contributed by atoms with Crippen molar-refractivity contribution in [1.82, 2.24) is 0 Å². The molecular weight excluding hydrogens is 1550 g/mol. The topological polar surface area (TPSA) is 380 Å². The fourth-order valence-corrected chi connectivity index (χ4v) is 17.0. The van der Waals surface area contributed by atoms with Crippen LogP contribution in [0.5, 0.6) is 0 Å². The van der Waals surface area contributed by atoms with Gasteiger partial charge in [-0.1, -0.05) is 361 Å². The predicted molar refractivity (Wildman–Crippen MR) is 463 cm³/mol. The van der Waals surface area contributed by atoms with E-state index in [-0.39, 0.29) is 32.1 Å². The summed E-state index contributed by atoms with van der Waals surface area (Å²) in [7, 11) is -5.81. The molecule has 3 fully saturated rings. The van der Waals surface area contributed by atoms with Crippen molar-refractivity contribution in [2.24, 2.45) is 0 Å². The van der Waals surface area contributed by atoms with Crippen LogP contribution in [-0.4, -0.2) is 205 Å². The average molecular weight is 1720 g/mol. The van der Waals surface area contributed by atoms with Crippen molar-refractivity contribution in [3.8, 4) is 0 Å². The normalized spacial score (nSPS) is 24.8. The van der Waals surface area contributed by atoms with E-state index < -0.39 is 162 Å². The lowest BCUT2D eigenvalue weighted by Gasteiger charge is -2.50. The second-order valence-electron chi connectivity index (χ2n) is 34.6. The van der Waals surface area contributed by atoms with Crippen molar-refractivity contribution in [3.63, 3.8) is 0 Å². The van der Waals surface area contributed by atoms with Crippen LogP contribution < -0.4 is 0 Å². The highest BCUT2D eigenvalue weighted by atomic mass is 31.2. The molecule has 0 amide bonds. The van der Waals surface area contributed by atoms with Crippen LogP contribution in [-0.2, 0) is 70.7 Å². The van der Waals surface area contributed by atoms with Crippen LogP contribution >= 0.6 is 7.82 Å². The Morgan fingerprint density at radius 1 is 0.328 bits per heavy atom. The van der Waals surface area contributed by atoms with E-state index in [2.05, 4.69) is 39.8 Å². The SMILES string of the molecule is CCCCCCCC/C=C\CCCCCC(=O)OC1C(O)C(O)C(OC2OC(CO)C(O)C(O)C2O)C(OP(=O)(O)OCC(COC(=O)CCCCCCCCCCCCCCCCCC)OC(=O)CCCCCCCCCCCCCCCCCC)C1OC1OC(COC(=O)CCCCCCCCCCCCCCCCC)C(O)C(O)C1O. The number of unbranched alkanes of at least 4 members (excludes halogenated alkanes) is 53. The van der Waals surface area contributed by atoms with Crippen LogP contribution in [0.25, 0.3) is 0 Å². The number of hydrogen-bond acceptors (Lipinski definition) is 24. The third-order valence-corrected chi connectivity index (χ3v) is 24.8. The number of carbonyl (C=O) groups excluding carboxylic acids is 4. The van der Waals surface area contributed by atoms with Gasteiger partial charge in [-0.05, 0) is 51.4 Å². The second-order valence-corrected chi connectivity index (χ2v) is 36.0. The van der Waals surface area contributed by atoms with Gasteiger partial charge >= 0.3 is 31.7 Å². The van der Waals surface area contributed by atoms with Crippen LogP contribution in [0.4, 0.5) is 0 Å². The summed E-state index contributed by atoms with van der Waals surface area (Å²) in [6, 6.07) is 0. The van der Waals surface area contributed by atoms with Gasteiger partial charge in [0.25, 0.3) is 0 Å². The standard InChI is InChI=1S/C93H173O25P/c1-5-9-13-17-21-25-29-33-36-39-43-45-49-53-57-61-65-76(95)109-70-73(112-78(97)67-63-59-55-51-48-44-40-37-34-30-26-22-18-14-10-6-2)71-111-119(107,108)118-91-89(116-92-86(105)82(101)80(99)74(69-94)113-92)85(104)84(103)88(115-79(98)68-64-60-56-52-47-41-32-28-24-20-16-12-8-4)90(91)117-93-87(106)83(102)81(100)75(114-93)72-110-77(96)66-62-58-54-50-46-42-38-35-31-27-23-19-15-11-7-3/h41,47,73-75,80-94,99-106H,5-40,42-46,48-72H2,1-4H3,(H,107,108)/b47-41-. The molecule has 0 radical (unpaired) electrons. The van der Waals surface area contributed by atoms with Gasteiger partial charge in [-0.15, -0.1) is 0 Å². The summed E-state index contributed by atoms with van der Waals surface area (Å²) < 4.78 is 73.5. The molecule has 700 valence electrons. The molecule has 1 saturated carbocycles. The largest absolute Gasteiger partial charge is 0.472 e. The molecule has 0 spiro atoms. The third kappa shape index (κ3) is 52.2. The molecule has 119 heavy (non-hydrogen) atoms. The van der Waals surface area contributed by atoms with E-state index in [1.54, 1.807) is 0 Å². The van der Waals surface area contributed by atoms with Gasteiger partial charge in [-0.3, -0.25) is 28.2 Å². The summed E-state index contributed by atoms with van der Waals surface area (Å²) in [5.41, 5.74) is 0. The van der Waals surface area contributed by atoms with Crippen LogP contribution in [0.3, 0.4) is 0 Å². The van der Waals surface area contributed by atoms with E-state index in [0.717, 1.165) is 122 Å². The van der Waals surface area contributed by atoms with E-state index in [0.29, 0.717) is 32.1 Å². The fraction of sp³-hybridized carbons (Fsp3) is 0.935. The maximum atomic E-state index is 14.9. The van der Waals surface area contributed by atoms with Gasteiger partial charge < -0.3 is 88.7 Å². The number of esters is 4. The Hall–Kier alpha value is -2.79. The van der Waals surface area contributed by atoms with E-state index in [9.17, 15) is 74.6 Å². The molecule has 3 aliphatic rings. The highest BCUT2D eigenvalue weighted by Gasteiger charge is 2.60. The number of hydrogen-bond donors (Lipinski definition) is 10. The van der Waals surface area contributed by atoms with Crippen molar-refractivity contribution < 1.29 is 122 Å². The van der Waals surface area contributed by atoms with Gasteiger partial charge in [-0.2, -0.15) is 0 Å². The van der Waals surface area contributed by atoms with Gasteiger partial charge in [0.2, 0.25) is 0 Å². The maximum absolute atomic E-state index is 14.9. The molecule has 18 atom stereocenters. The average Bonchev–Trinajstić information content (AvgIpc) is 0.754. The molecule has 10 N–H and O–H groups in total. The number of carbonyl (C=O) groups is 4. The Morgan fingerprint density at radius 2 is 0.630 bits per heavy atom. The first-order valence-corrected chi connectivity index (χ1v) is 49.9. The molecule has 0 aromatic carbocycles. The van der Waals surface area contributed by atoms with Crippen molar-refractivity contribution in [1.29, 1.82) is 0 Å². The second kappa shape index (κ2) is 72.3. The molecule has 25 nitrogen and oxygen atoms in total. The minimum absolute atomic E-state index is 0.0174. The van der Waals surface area contributed by atoms with E-state index in [1.165, 1.54) is 212 Å². The Bertz CT molecular complexity index is 2520. The first kappa shape index (κ1) is 110. The number of phosphoric acid groups is 1. The van der Waals surface area contributed by atoms with E-state index in [4.69, 9.17) is 46.9 Å². The smallest absolute Gasteiger partial charge is 0.463 e. The lowest BCUT2D eigenvalue weighted by molar-refractivity contribution is -0.360. The molecular formula is C93H173O25P. The minimum atomic E-state index is -5.81. The number of allylic oxidation sites excluding steroid dienone is 2. The van der Waals surface area contributed by atoms with Crippen molar-refractivity contribution in [2.45, 2.75) is 530 Å². The Kier molecular flexibility index (Phi) is 67.0. The van der Waals surface area contributed by atoms with Crippen molar-refractivity contribution in [2.75, 3.05) is 26.4 Å². The zero-order valence-corrected chi connectivity index (χ0v) is 75.6.